The van der Waals surface area contributed by atoms with Gasteiger partial charge >= 0.3 is 0 Å². The number of ether oxygens (including phenoxy) is 2. The van der Waals surface area contributed by atoms with Gasteiger partial charge in [-0.1, -0.05) is 5.16 Å². The third kappa shape index (κ3) is 3.01. The lowest BCUT2D eigenvalue weighted by Gasteiger charge is -2.17. The molecule has 0 amide bonds. The summed E-state index contributed by atoms with van der Waals surface area (Å²) >= 11 is 0. The molecule has 0 saturated heterocycles. The van der Waals surface area contributed by atoms with Gasteiger partial charge in [0.1, 0.15) is 5.60 Å². The first-order chi connectivity index (χ1) is 7.51. The average molecular weight is 229 g/mol. The maximum absolute atomic E-state index is 5.86. The Hall–Kier alpha value is -0.980. The van der Waals surface area contributed by atoms with Gasteiger partial charge in [-0.05, 0) is 20.3 Å². The van der Waals surface area contributed by atoms with Crippen LogP contribution in [0, 0.1) is 0 Å². The highest BCUT2D eigenvalue weighted by atomic mass is 16.5. The lowest BCUT2D eigenvalue weighted by molar-refractivity contribution is 0.00973. The zero-order chi connectivity index (χ0) is 12.2. The summed E-state index contributed by atoms with van der Waals surface area (Å²) in [7, 11) is 3.22. The van der Waals surface area contributed by atoms with E-state index in [9.17, 15) is 0 Å². The second kappa shape index (κ2) is 5.38. The van der Waals surface area contributed by atoms with Gasteiger partial charge in [0.2, 0.25) is 11.7 Å². The molecule has 1 unspecified atom stereocenters. The van der Waals surface area contributed by atoms with Crippen molar-refractivity contribution in [3.63, 3.8) is 0 Å². The lowest BCUT2D eigenvalue weighted by Crippen LogP contribution is -2.21. The van der Waals surface area contributed by atoms with Crippen LogP contribution in [0.15, 0.2) is 4.52 Å². The van der Waals surface area contributed by atoms with Gasteiger partial charge < -0.3 is 19.7 Å². The third-order valence-corrected chi connectivity index (χ3v) is 2.44. The van der Waals surface area contributed by atoms with E-state index in [-0.39, 0.29) is 6.04 Å². The van der Waals surface area contributed by atoms with E-state index in [1.54, 1.807) is 14.2 Å². The summed E-state index contributed by atoms with van der Waals surface area (Å²) in [5.41, 5.74) is 5.30. The molecule has 2 N–H and O–H groups in total. The molecule has 0 aliphatic carbocycles. The van der Waals surface area contributed by atoms with Crippen molar-refractivity contribution in [2.24, 2.45) is 5.73 Å². The molecule has 0 aromatic carbocycles. The van der Waals surface area contributed by atoms with Gasteiger partial charge in [0, 0.05) is 20.8 Å². The predicted molar refractivity (Wildman–Crippen MR) is 57.8 cm³/mol. The molecule has 1 aromatic heterocycles. The number of rotatable bonds is 6. The van der Waals surface area contributed by atoms with Crippen molar-refractivity contribution in [2.45, 2.75) is 31.9 Å². The molecule has 0 spiro atoms. The van der Waals surface area contributed by atoms with E-state index in [4.69, 9.17) is 19.7 Å². The summed E-state index contributed by atoms with van der Waals surface area (Å²) < 4.78 is 15.3. The van der Waals surface area contributed by atoms with E-state index < -0.39 is 5.60 Å². The Kier molecular flexibility index (Phi) is 4.40. The highest BCUT2D eigenvalue weighted by molar-refractivity contribution is 4.99. The van der Waals surface area contributed by atoms with Crippen molar-refractivity contribution in [3.05, 3.63) is 11.7 Å². The smallest absolute Gasteiger partial charge is 0.243 e. The minimum absolute atomic E-state index is 0.297. The Morgan fingerprint density at radius 2 is 2.12 bits per heavy atom. The van der Waals surface area contributed by atoms with Crippen LogP contribution in [0.5, 0.6) is 0 Å². The van der Waals surface area contributed by atoms with Crippen LogP contribution in [-0.2, 0) is 15.1 Å². The summed E-state index contributed by atoms with van der Waals surface area (Å²) in [6, 6.07) is -0.297. The summed E-state index contributed by atoms with van der Waals surface area (Å²) in [4.78, 5) is 4.22. The topological polar surface area (TPSA) is 83.4 Å². The molecule has 0 saturated carbocycles. The molecule has 1 heterocycles. The van der Waals surface area contributed by atoms with Crippen molar-refractivity contribution in [2.75, 3.05) is 20.8 Å². The van der Waals surface area contributed by atoms with Crippen LogP contribution < -0.4 is 5.73 Å². The molecular formula is C10H19N3O3. The molecule has 0 aliphatic rings. The van der Waals surface area contributed by atoms with Crippen LogP contribution in [0.2, 0.25) is 0 Å². The zero-order valence-corrected chi connectivity index (χ0v) is 10.2. The minimum atomic E-state index is -0.567. The maximum Gasteiger partial charge on any atom is 0.243 e. The molecule has 1 rings (SSSR count). The van der Waals surface area contributed by atoms with Crippen LogP contribution in [0.25, 0.3) is 0 Å². The van der Waals surface area contributed by atoms with Crippen molar-refractivity contribution in [3.8, 4) is 0 Å². The Labute approximate surface area is 95.1 Å². The molecule has 0 bridgehead atoms. The summed E-state index contributed by atoms with van der Waals surface area (Å²) in [6.45, 7) is 4.29. The maximum atomic E-state index is 5.86. The molecule has 1 aromatic rings. The highest BCUT2D eigenvalue weighted by Crippen LogP contribution is 2.22. The van der Waals surface area contributed by atoms with Gasteiger partial charge in [0.25, 0.3) is 0 Å². The molecule has 1 atom stereocenters. The van der Waals surface area contributed by atoms with E-state index in [0.717, 1.165) is 0 Å². The highest BCUT2D eigenvalue weighted by Gasteiger charge is 2.27. The normalized spacial score (nSPS) is 14.1. The van der Waals surface area contributed by atoms with E-state index >= 15 is 0 Å². The van der Waals surface area contributed by atoms with Gasteiger partial charge in [-0.2, -0.15) is 4.98 Å². The average Bonchev–Trinajstić information content (AvgIpc) is 2.75. The van der Waals surface area contributed by atoms with Crippen LogP contribution in [0.1, 0.15) is 38.0 Å². The van der Waals surface area contributed by atoms with Crippen molar-refractivity contribution in [1.82, 2.24) is 10.1 Å². The SMILES string of the molecule is COCCC(N)c1nc(C(C)(C)OC)no1. The van der Waals surface area contributed by atoms with Crippen LogP contribution >= 0.6 is 0 Å². The Balaban J connectivity index is 2.71. The Bertz CT molecular complexity index is 325. The standard InChI is InChI=1S/C10H19N3O3/c1-10(2,15-4)9-12-8(16-13-9)7(11)5-6-14-3/h7H,5-6,11H2,1-4H3. The van der Waals surface area contributed by atoms with Gasteiger partial charge in [0.05, 0.1) is 6.04 Å². The molecule has 6 nitrogen and oxygen atoms in total. The van der Waals surface area contributed by atoms with E-state index in [0.29, 0.717) is 24.7 Å². The fraction of sp³-hybridized carbons (Fsp3) is 0.800. The van der Waals surface area contributed by atoms with Gasteiger partial charge in [-0.25, -0.2) is 0 Å². The quantitative estimate of drug-likeness (QED) is 0.783. The van der Waals surface area contributed by atoms with Crippen LogP contribution in [0.3, 0.4) is 0 Å². The van der Waals surface area contributed by atoms with Crippen LogP contribution in [0.4, 0.5) is 0 Å². The number of hydrogen-bond acceptors (Lipinski definition) is 6. The molecule has 0 aliphatic heterocycles. The van der Waals surface area contributed by atoms with Crippen molar-refractivity contribution in [1.29, 1.82) is 0 Å². The van der Waals surface area contributed by atoms with E-state index in [2.05, 4.69) is 10.1 Å². The Morgan fingerprint density at radius 1 is 1.44 bits per heavy atom. The van der Waals surface area contributed by atoms with E-state index in [1.807, 2.05) is 13.8 Å². The second-order valence-electron chi connectivity index (χ2n) is 4.06. The largest absolute Gasteiger partial charge is 0.385 e. The summed E-state index contributed by atoms with van der Waals surface area (Å²) in [6.07, 6.45) is 0.644. The molecule has 92 valence electrons. The van der Waals surface area contributed by atoms with Crippen molar-refractivity contribution < 1.29 is 14.0 Å². The van der Waals surface area contributed by atoms with Crippen LogP contribution in [-0.4, -0.2) is 31.0 Å². The first-order valence-corrected chi connectivity index (χ1v) is 5.15. The summed E-state index contributed by atoms with van der Waals surface area (Å²) in [5.74, 6) is 0.912. The second-order valence-corrected chi connectivity index (χ2v) is 4.06. The molecule has 0 radical (unpaired) electrons. The van der Waals surface area contributed by atoms with Crippen molar-refractivity contribution >= 4 is 0 Å². The van der Waals surface area contributed by atoms with Gasteiger partial charge in [0.15, 0.2) is 0 Å². The number of nitrogens with two attached hydrogens (primary N) is 1. The minimum Gasteiger partial charge on any atom is -0.385 e. The zero-order valence-electron chi connectivity index (χ0n) is 10.2. The lowest BCUT2D eigenvalue weighted by atomic mass is 10.1. The number of nitrogens with zero attached hydrogens (tertiary/aromatic N) is 2. The fourth-order valence-corrected chi connectivity index (χ4v) is 1.09. The first kappa shape index (κ1) is 13.1. The monoisotopic (exact) mass is 229 g/mol. The number of methoxy groups -OCH3 is 2. The van der Waals surface area contributed by atoms with E-state index in [1.165, 1.54) is 0 Å². The summed E-state index contributed by atoms with van der Waals surface area (Å²) in [5, 5.41) is 3.86. The van der Waals surface area contributed by atoms with Gasteiger partial charge in [-0.3, -0.25) is 0 Å². The fourth-order valence-electron chi connectivity index (χ4n) is 1.09. The van der Waals surface area contributed by atoms with Gasteiger partial charge in [-0.15, -0.1) is 0 Å². The molecule has 0 fully saturated rings. The molecular weight excluding hydrogens is 210 g/mol. The molecule has 16 heavy (non-hydrogen) atoms. The Morgan fingerprint density at radius 3 is 2.69 bits per heavy atom. The molecule has 6 heteroatoms. The first-order valence-electron chi connectivity index (χ1n) is 5.15. The number of hydrogen-bond donors (Lipinski definition) is 1. The third-order valence-electron chi connectivity index (χ3n) is 2.44. The predicted octanol–water partition coefficient (Wildman–Crippen LogP) is 0.987. The number of aromatic nitrogens is 2.